The van der Waals surface area contributed by atoms with Gasteiger partial charge >= 0.3 is 0 Å². The summed E-state index contributed by atoms with van der Waals surface area (Å²) in [4.78, 5) is 8.45. The first-order chi connectivity index (χ1) is 8.45. The van der Waals surface area contributed by atoms with E-state index in [1.807, 2.05) is 30.7 Å². The van der Waals surface area contributed by atoms with Crippen LogP contribution < -0.4 is 0 Å². The zero-order valence-corrected chi connectivity index (χ0v) is 10.0. The third kappa shape index (κ3) is 4.35. The molecule has 0 saturated heterocycles. The number of hydrogen-bond acceptors (Lipinski definition) is 2. The Labute approximate surface area is 103 Å². The molecular formula is C15H18N2. The molecule has 0 fully saturated rings. The van der Waals surface area contributed by atoms with Gasteiger partial charge < -0.3 is 0 Å². The summed E-state index contributed by atoms with van der Waals surface area (Å²) in [5.74, 6) is 0. The summed E-state index contributed by atoms with van der Waals surface area (Å²) in [6.07, 6.45) is 11.6. The van der Waals surface area contributed by atoms with Crippen molar-refractivity contribution in [3.8, 4) is 0 Å². The highest BCUT2D eigenvalue weighted by atomic mass is 14.7. The van der Waals surface area contributed by atoms with Gasteiger partial charge in [0.1, 0.15) is 0 Å². The minimum atomic E-state index is 1.09. The summed E-state index contributed by atoms with van der Waals surface area (Å²) in [6.45, 7) is 0. The van der Waals surface area contributed by atoms with E-state index in [1.54, 1.807) is 0 Å². The van der Waals surface area contributed by atoms with Gasteiger partial charge in [0.2, 0.25) is 0 Å². The van der Waals surface area contributed by atoms with Crippen molar-refractivity contribution in [2.75, 3.05) is 0 Å². The monoisotopic (exact) mass is 226 g/mol. The van der Waals surface area contributed by atoms with Crippen molar-refractivity contribution in [3.05, 3.63) is 60.2 Å². The lowest BCUT2D eigenvalue weighted by Gasteiger charge is -2.01. The molecule has 0 aliphatic heterocycles. The number of hydrogen-bond donors (Lipinski definition) is 0. The predicted molar refractivity (Wildman–Crippen MR) is 69.7 cm³/mol. The van der Waals surface area contributed by atoms with E-state index in [0.717, 1.165) is 12.8 Å². The largest absolute Gasteiger partial charge is 0.264 e. The highest BCUT2D eigenvalue weighted by Gasteiger charge is 1.95. The molecule has 88 valence electrons. The van der Waals surface area contributed by atoms with Crippen molar-refractivity contribution in [3.63, 3.8) is 0 Å². The summed E-state index contributed by atoms with van der Waals surface area (Å²) < 4.78 is 0. The van der Waals surface area contributed by atoms with E-state index in [4.69, 9.17) is 0 Å². The average Bonchev–Trinajstić information content (AvgIpc) is 2.41. The van der Waals surface area contributed by atoms with Crippen LogP contribution in [0.2, 0.25) is 0 Å². The zero-order valence-electron chi connectivity index (χ0n) is 10.0. The minimum Gasteiger partial charge on any atom is -0.264 e. The SMILES string of the molecule is c1ccc(CCCCCc2cccnc2)nc1. The number of nitrogens with zero attached hydrogens (tertiary/aromatic N) is 2. The lowest BCUT2D eigenvalue weighted by molar-refractivity contribution is 0.670. The highest BCUT2D eigenvalue weighted by Crippen LogP contribution is 2.07. The second kappa shape index (κ2) is 6.79. The van der Waals surface area contributed by atoms with Gasteiger partial charge in [-0.05, 0) is 49.4 Å². The molecule has 0 N–H and O–H groups in total. The highest BCUT2D eigenvalue weighted by molar-refractivity contribution is 5.08. The zero-order chi connectivity index (χ0) is 11.8. The van der Waals surface area contributed by atoms with Crippen LogP contribution >= 0.6 is 0 Å². The summed E-state index contributed by atoms with van der Waals surface area (Å²) in [5, 5.41) is 0. The van der Waals surface area contributed by atoms with Crippen LogP contribution in [0.4, 0.5) is 0 Å². The normalized spacial score (nSPS) is 10.4. The Hall–Kier alpha value is -1.70. The standard InChI is InChI=1S/C15H18N2/c1(2-7-14-8-6-11-16-13-14)3-9-15-10-4-5-12-17-15/h4-6,8,10-13H,1-3,7,9H2. The molecule has 0 radical (unpaired) electrons. The van der Waals surface area contributed by atoms with Crippen molar-refractivity contribution in [2.45, 2.75) is 32.1 Å². The molecular weight excluding hydrogens is 208 g/mol. The first-order valence-corrected chi connectivity index (χ1v) is 6.24. The molecule has 2 rings (SSSR count). The van der Waals surface area contributed by atoms with E-state index >= 15 is 0 Å². The molecule has 2 heterocycles. The van der Waals surface area contributed by atoms with Crippen LogP contribution in [0.25, 0.3) is 0 Å². The molecule has 0 bridgehead atoms. The Kier molecular flexibility index (Phi) is 4.70. The van der Waals surface area contributed by atoms with Gasteiger partial charge in [0.05, 0.1) is 0 Å². The quantitative estimate of drug-likeness (QED) is 0.705. The van der Waals surface area contributed by atoms with Crippen LogP contribution in [-0.4, -0.2) is 9.97 Å². The van der Waals surface area contributed by atoms with Crippen LogP contribution in [0.15, 0.2) is 48.9 Å². The van der Waals surface area contributed by atoms with Crippen LogP contribution in [0.3, 0.4) is 0 Å². The molecule has 0 amide bonds. The maximum atomic E-state index is 4.32. The van der Waals surface area contributed by atoms with Gasteiger partial charge in [0, 0.05) is 24.3 Å². The predicted octanol–water partition coefficient (Wildman–Crippen LogP) is 3.43. The van der Waals surface area contributed by atoms with Crippen molar-refractivity contribution in [1.82, 2.24) is 9.97 Å². The molecule has 17 heavy (non-hydrogen) atoms. The first kappa shape index (κ1) is 11.8. The van der Waals surface area contributed by atoms with Gasteiger partial charge in [-0.15, -0.1) is 0 Å². The van der Waals surface area contributed by atoms with Gasteiger partial charge in [0.15, 0.2) is 0 Å². The minimum absolute atomic E-state index is 1.09. The average molecular weight is 226 g/mol. The summed E-state index contributed by atoms with van der Waals surface area (Å²) in [5.41, 5.74) is 2.54. The number of unbranched alkanes of at least 4 members (excludes halogenated alkanes) is 2. The van der Waals surface area contributed by atoms with E-state index in [-0.39, 0.29) is 0 Å². The van der Waals surface area contributed by atoms with Gasteiger partial charge in [0.25, 0.3) is 0 Å². The van der Waals surface area contributed by atoms with E-state index in [1.165, 1.54) is 30.5 Å². The Bertz CT molecular complexity index is 370. The molecule has 0 atom stereocenters. The first-order valence-electron chi connectivity index (χ1n) is 6.24. The molecule has 2 heteroatoms. The van der Waals surface area contributed by atoms with Gasteiger partial charge in [-0.2, -0.15) is 0 Å². The number of aryl methyl sites for hydroxylation is 2. The van der Waals surface area contributed by atoms with E-state index in [9.17, 15) is 0 Å². The Morgan fingerprint density at radius 3 is 2.53 bits per heavy atom. The molecule has 2 nitrogen and oxygen atoms in total. The van der Waals surface area contributed by atoms with Crippen molar-refractivity contribution >= 4 is 0 Å². The fraction of sp³-hybridized carbons (Fsp3) is 0.333. The Morgan fingerprint density at radius 2 is 1.76 bits per heavy atom. The molecule has 0 aromatic carbocycles. The van der Waals surface area contributed by atoms with Crippen molar-refractivity contribution in [1.29, 1.82) is 0 Å². The molecule has 0 unspecified atom stereocenters. The molecule has 0 aliphatic carbocycles. The fourth-order valence-corrected chi connectivity index (χ4v) is 1.90. The topological polar surface area (TPSA) is 25.8 Å². The van der Waals surface area contributed by atoms with E-state index in [0.29, 0.717) is 0 Å². The van der Waals surface area contributed by atoms with E-state index in [2.05, 4.69) is 28.2 Å². The summed E-state index contributed by atoms with van der Waals surface area (Å²) in [6, 6.07) is 10.3. The smallest absolute Gasteiger partial charge is 0.0403 e. The Balaban J connectivity index is 1.61. The van der Waals surface area contributed by atoms with Crippen LogP contribution in [-0.2, 0) is 12.8 Å². The third-order valence-corrected chi connectivity index (χ3v) is 2.85. The third-order valence-electron chi connectivity index (χ3n) is 2.85. The lowest BCUT2D eigenvalue weighted by Crippen LogP contribution is -1.91. The number of aromatic nitrogens is 2. The van der Waals surface area contributed by atoms with Crippen LogP contribution in [0.1, 0.15) is 30.5 Å². The Morgan fingerprint density at radius 1 is 0.824 bits per heavy atom. The van der Waals surface area contributed by atoms with Gasteiger partial charge in [-0.3, -0.25) is 9.97 Å². The van der Waals surface area contributed by atoms with Crippen molar-refractivity contribution in [2.24, 2.45) is 0 Å². The molecule has 0 aliphatic rings. The van der Waals surface area contributed by atoms with Crippen molar-refractivity contribution < 1.29 is 0 Å². The van der Waals surface area contributed by atoms with Gasteiger partial charge in [-0.1, -0.05) is 18.6 Å². The summed E-state index contributed by atoms with van der Waals surface area (Å²) >= 11 is 0. The molecule has 0 spiro atoms. The fourth-order valence-electron chi connectivity index (χ4n) is 1.90. The second-order valence-electron chi connectivity index (χ2n) is 4.24. The second-order valence-corrected chi connectivity index (χ2v) is 4.24. The number of pyridine rings is 2. The maximum absolute atomic E-state index is 4.32. The molecule has 2 aromatic heterocycles. The summed E-state index contributed by atoms with van der Waals surface area (Å²) in [7, 11) is 0. The molecule has 2 aromatic rings. The van der Waals surface area contributed by atoms with Crippen LogP contribution in [0.5, 0.6) is 0 Å². The van der Waals surface area contributed by atoms with E-state index < -0.39 is 0 Å². The molecule has 0 saturated carbocycles. The lowest BCUT2D eigenvalue weighted by atomic mass is 10.1. The number of rotatable bonds is 6. The van der Waals surface area contributed by atoms with Gasteiger partial charge in [-0.25, -0.2) is 0 Å². The van der Waals surface area contributed by atoms with Crippen LogP contribution in [0, 0.1) is 0 Å². The maximum Gasteiger partial charge on any atom is 0.0403 e.